The number of carbonyl (C=O) groups excluding carboxylic acids is 1. The Balaban J connectivity index is 1.79. The maximum atomic E-state index is 11.9. The van der Waals surface area contributed by atoms with Crippen molar-refractivity contribution in [3.05, 3.63) is 18.5 Å². The molecule has 2 aliphatic heterocycles. The molecular weight excluding hydrogens is 290 g/mol. The highest BCUT2D eigenvalue weighted by Crippen LogP contribution is 2.29. The molecule has 2 aliphatic rings. The lowest BCUT2D eigenvalue weighted by molar-refractivity contribution is -0.120. The first-order chi connectivity index (χ1) is 11.0. The predicted molar refractivity (Wildman–Crippen MR) is 92.7 cm³/mol. The number of piperazine rings is 1. The van der Waals surface area contributed by atoms with Crippen LogP contribution in [0.15, 0.2) is 18.5 Å². The number of nitrogens with two attached hydrogens (primary N) is 1. The molecule has 2 unspecified atom stereocenters. The van der Waals surface area contributed by atoms with Gasteiger partial charge in [0, 0.05) is 32.7 Å². The molecule has 0 spiro atoms. The van der Waals surface area contributed by atoms with Crippen LogP contribution in [-0.4, -0.2) is 61.6 Å². The fraction of sp³-hybridized carbons (Fsp3) is 0.647. The molecule has 126 valence electrons. The standard InChI is InChI=1S/C17H27N5O/c1-13-3-4-22(16(9-13)17(18)23)15-10-14(11-19-12-15)21-7-5-20(2)6-8-21/h10-13,16H,3-9H2,1-2H3,(H2,18,23). The van der Waals surface area contributed by atoms with E-state index in [2.05, 4.69) is 39.7 Å². The third kappa shape index (κ3) is 3.58. The first-order valence-electron chi connectivity index (χ1n) is 8.49. The molecule has 3 rings (SSSR count). The second kappa shape index (κ2) is 6.74. The van der Waals surface area contributed by atoms with Gasteiger partial charge in [-0.2, -0.15) is 0 Å². The second-order valence-corrected chi connectivity index (χ2v) is 6.93. The van der Waals surface area contributed by atoms with Crippen LogP contribution < -0.4 is 15.5 Å². The highest BCUT2D eigenvalue weighted by molar-refractivity contribution is 5.84. The fourth-order valence-corrected chi connectivity index (χ4v) is 3.53. The fourth-order valence-electron chi connectivity index (χ4n) is 3.53. The summed E-state index contributed by atoms with van der Waals surface area (Å²) in [6, 6.07) is 1.94. The van der Waals surface area contributed by atoms with Gasteiger partial charge in [-0.3, -0.25) is 9.78 Å². The van der Waals surface area contributed by atoms with Gasteiger partial charge in [0.2, 0.25) is 5.91 Å². The van der Waals surface area contributed by atoms with Crippen molar-refractivity contribution in [2.45, 2.75) is 25.8 Å². The van der Waals surface area contributed by atoms with E-state index in [-0.39, 0.29) is 11.9 Å². The van der Waals surface area contributed by atoms with Crippen LogP contribution in [0, 0.1) is 5.92 Å². The van der Waals surface area contributed by atoms with Crippen LogP contribution in [0.3, 0.4) is 0 Å². The molecule has 6 nitrogen and oxygen atoms in total. The van der Waals surface area contributed by atoms with E-state index in [0.29, 0.717) is 5.92 Å². The first kappa shape index (κ1) is 16.1. The highest BCUT2D eigenvalue weighted by Gasteiger charge is 2.31. The van der Waals surface area contributed by atoms with E-state index in [4.69, 9.17) is 5.73 Å². The average Bonchev–Trinajstić information content (AvgIpc) is 2.55. The van der Waals surface area contributed by atoms with Gasteiger partial charge >= 0.3 is 0 Å². The van der Waals surface area contributed by atoms with Crippen LogP contribution >= 0.6 is 0 Å². The van der Waals surface area contributed by atoms with E-state index in [1.165, 1.54) is 0 Å². The zero-order chi connectivity index (χ0) is 16.4. The van der Waals surface area contributed by atoms with Crippen LogP contribution in [0.1, 0.15) is 19.8 Å². The van der Waals surface area contributed by atoms with Crippen LogP contribution in [0.2, 0.25) is 0 Å². The summed E-state index contributed by atoms with van der Waals surface area (Å²) < 4.78 is 0. The maximum Gasteiger partial charge on any atom is 0.240 e. The van der Waals surface area contributed by atoms with Crippen molar-refractivity contribution in [1.29, 1.82) is 0 Å². The minimum absolute atomic E-state index is 0.219. The number of piperidine rings is 1. The number of anilines is 2. The summed E-state index contributed by atoms with van der Waals surface area (Å²) in [5.41, 5.74) is 7.78. The van der Waals surface area contributed by atoms with Gasteiger partial charge in [0.05, 0.1) is 23.8 Å². The predicted octanol–water partition coefficient (Wildman–Crippen LogP) is 0.924. The summed E-state index contributed by atoms with van der Waals surface area (Å²) in [7, 11) is 2.15. The Morgan fingerprint density at radius 1 is 1.17 bits per heavy atom. The van der Waals surface area contributed by atoms with Crippen molar-refractivity contribution in [2.75, 3.05) is 49.6 Å². The number of hydrogen-bond donors (Lipinski definition) is 1. The third-order valence-corrected chi connectivity index (χ3v) is 5.10. The van der Waals surface area contributed by atoms with E-state index < -0.39 is 0 Å². The molecule has 0 aromatic carbocycles. The van der Waals surface area contributed by atoms with Gasteiger partial charge in [-0.25, -0.2) is 0 Å². The number of rotatable bonds is 3. The van der Waals surface area contributed by atoms with Gasteiger partial charge in [0.15, 0.2) is 0 Å². The Morgan fingerprint density at radius 3 is 2.57 bits per heavy atom. The maximum absolute atomic E-state index is 11.9. The number of nitrogens with zero attached hydrogens (tertiary/aromatic N) is 4. The SMILES string of the molecule is CC1CCN(c2cncc(N3CCN(C)CC3)c2)C(C(N)=O)C1. The van der Waals surface area contributed by atoms with E-state index >= 15 is 0 Å². The largest absolute Gasteiger partial charge is 0.368 e. The lowest BCUT2D eigenvalue weighted by atomic mass is 9.91. The number of carbonyl (C=O) groups is 1. The molecule has 2 fully saturated rings. The van der Waals surface area contributed by atoms with Crippen LogP contribution in [0.25, 0.3) is 0 Å². The topological polar surface area (TPSA) is 65.7 Å². The summed E-state index contributed by atoms with van der Waals surface area (Å²) in [5.74, 6) is 0.305. The Labute approximate surface area is 138 Å². The van der Waals surface area contributed by atoms with Gasteiger partial charge in [0.25, 0.3) is 0 Å². The number of hydrogen-bond acceptors (Lipinski definition) is 5. The molecule has 3 heterocycles. The number of primary amides is 1. The Bertz CT molecular complexity index is 556. The van der Waals surface area contributed by atoms with Gasteiger partial charge in [-0.15, -0.1) is 0 Å². The number of aromatic nitrogens is 1. The van der Waals surface area contributed by atoms with E-state index in [1.54, 1.807) is 0 Å². The summed E-state index contributed by atoms with van der Waals surface area (Å²) in [6.45, 7) is 7.20. The van der Waals surface area contributed by atoms with Crippen molar-refractivity contribution >= 4 is 17.3 Å². The van der Waals surface area contributed by atoms with Crippen LogP contribution in [-0.2, 0) is 4.79 Å². The van der Waals surface area contributed by atoms with Gasteiger partial charge in [-0.05, 0) is 31.9 Å². The lowest BCUT2D eigenvalue weighted by Crippen LogP contribution is -2.50. The zero-order valence-electron chi connectivity index (χ0n) is 14.1. The average molecular weight is 317 g/mol. The molecule has 2 saturated heterocycles. The van der Waals surface area contributed by atoms with Crippen LogP contribution in [0.4, 0.5) is 11.4 Å². The van der Waals surface area contributed by atoms with Crippen molar-refractivity contribution in [2.24, 2.45) is 11.7 Å². The van der Waals surface area contributed by atoms with Crippen LogP contribution in [0.5, 0.6) is 0 Å². The Morgan fingerprint density at radius 2 is 1.87 bits per heavy atom. The molecule has 1 aromatic heterocycles. The van der Waals surface area contributed by atoms with Gasteiger partial charge in [-0.1, -0.05) is 6.92 Å². The molecule has 2 atom stereocenters. The smallest absolute Gasteiger partial charge is 0.240 e. The minimum Gasteiger partial charge on any atom is -0.368 e. The lowest BCUT2D eigenvalue weighted by Gasteiger charge is -2.39. The molecule has 0 bridgehead atoms. The van der Waals surface area contributed by atoms with Crippen molar-refractivity contribution < 1.29 is 4.79 Å². The van der Waals surface area contributed by atoms with Crippen molar-refractivity contribution in [3.8, 4) is 0 Å². The summed E-state index contributed by atoms with van der Waals surface area (Å²) in [4.78, 5) is 23.1. The molecule has 23 heavy (non-hydrogen) atoms. The van der Waals surface area contributed by atoms with E-state index in [9.17, 15) is 4.79 Å². The molecular formula is C17H27N5O. The van der Waals surface area contributed by atoms with Crippen molar-refractivity contribution in [1.82, 2.24) is 9.88 Å². The zero-order valence-corrected chi connectivity index (χ0v) is 14.1. The number of pyridine rings is 1. The molecule has 0 saturated carbocycles. The molecule has 0 aliphatic carbocycles. The quantitative estimate of drug-likeness (QED) is 0.898. The molecule has 6 heteroatoms. The summed E-state index contributed by atoms with van der Waals surface area (Å²) >= 11 is 0. The molecule has 1 aromatic rings. The Kier molecular flexibility index (Phi) is 4.71. The molecule has 2 N–H and O–H groups in total. The van der Waals surface area contributed by atoms with Gasteiger partial charge < -0.3 is 20.4 Å². The molecule has 1 amide bonds. The Hall–Kier alpha value is -1.82. The van der Waals surface area contributed by atoms with Gasteiger partial charge in [0.1, 0.15) is 6.04 Å². The minimum atomic E-state index is -0.235. The second-order valence-electron chi connectivity index (χ2n) is 6.93. The highest BCUT2D eigenvalue weighted by atomic mass is 16.1. The van der Waals surface area contributed by atoms with E-state index in [0.717, 1.165) is 56.9 Å². The number of likely N-dealkylation sites (N-methyl/N-ethyl adjacent to an activating group) is 1. The number of amides is 1. The normalized spacial score (nSPS) is 26.3. The van der Waals surface area contributed by atoms with Crippen molar-refractivity contribution in [3.63, 3.8) is 0 Å². The summed E-state index contributed by atoms with van der Waals surface area (Å²) in [6.07, 6.45) is 5.68. The van der Waals surface area contributed by atoms with E-state index in [1.807, 2.05) is 12.4 Å². The monoisotopic (exact) mass is 317 g/mol. The first-order valence-corrected chi connectivity index (χ1v) is 8.49. The summed E-state index contributed by atoms with van der Waals surface area (Å²) in [5, 5.41) is 0. The third-order valence-electron chi connectivity index (χ3n) is 5.10. The molecule has 0 radical (unpaired) electrons.